The molecule has 1 aliphatic rings. The fourth-order valence-corrected chi connectivity index (χ4v) is 3.50. The number of benzene rings is 1. The Balaban J connectivity index is 1.58. The number of para-hydroxylation sites is 2. The van der Waals surface area contributed by atoms with Gasteiger partial charge in [-0.2, -0.15) is 0 Å². The third-order valence-electron chi connectivity index (χ3n) is 4.78. The summed E-state index contributed by atoms with van der Waals surface area (Å²) in [7, 11) is 0. The first-order valence-corrected chi connectivity index (χ1v) is 8.86. The summed E-state index contributed by atoms with van der Waals surface area (Å²) in [6.07, 6.45) is 10.3. The van der Waals surface area contributed by atoms with Gasteiger partial charge in [0, 0.05) is 25.7 Å². The van der Waals surface area contributed by atoms with Crippen LogP contribution in [0.4, 0.5) is 0 Å². The Bertz CT molecular complexity index is 705. The number of imidazole rings is 1. The third kappa shape index (κ3) is 3.75. The summed E-state index contributed by atoms with van der Waals surface area (Å²) in [5.41, 5.74) is 2.02. The maximum atomic E-state index is 12.3. The van der Waals surface area contributed by atoms with Gasteiger partial charge in [0.1, 0.15) is 0 Å². The Hall–Kier alpha value is -1.81. The molecule has 23 heavy (non-hydrogen) atoms. The van der Waals surface area contributed by atoms with Gasteiger partial charge in [-0.25, -0.2) is 4.79 Å². The molecule has 1 aromatic heterocycles. The molecule has 1 fully saturated rings. The molecule has 0 unspecified atom stereocenters. The van der Waals surface area contributed by atoms with Crippen LogP contribution in [0.25, 0.3) is 11.0 Å². The molecule has 1 aliphatic heterocycles. The first-order valence-electron chi connectivity index (χ1n) is 8.86. The number of nitrogens with zero attached hydrogens (tertiary/aromatic N) is 2. The van der Waals surface area contributed by atoms with Crippen molar-refractivity contribution in [2.24, 2.45) is 0 Å². The van der Waals surface area contributed by atoms with E-state index in [2.05, 4.69) is 29.0 Å². The van der Waals surface area contributed by atoms with Gasteiger partial charge in [0.15, 0.2) is 0 Å². The second-order valence-electron chi connectivity index (χ2n) is 6.44. The van der Waals surface area contributed by atoms with Crippen molar-refractivity contribution in [2.75, 3.05) is 19.6 Å². The molecule has 0 atom stereocenters. The lowest BCUT2D eigenvalue weighted by molar-refractivity contribution is 0.189. The fourth-order valence-electron chi connectivity index (χ4n) is 3.50. The second kappa shape index (κ2) is 7.64. The SMILES string of the molecule is CCC/C=C/CCN1CCC(n2c(=O)[nH]c3ccccc32)CC1. The van der Waals surface area contributed by atoms with Gasteiger partial charge < -0.3 is 9.88 Å². The van der Waals surface area contributed by atoms with Crippen molar-refractivity contribution in [3.8, 4) is 0 Å². The molecule has 0 aliphatic carbocycles. The van der Waals surface area contributed by atoms with E-state index in [0.717, 1.165) is 49.9 Å². The molecule has 3 rings (SSSR count). The quantitative estimate of drug-likeness (QED) is 0.826. The molecule has 1 aromatic carbocycles. The molecule has 0 bridgehead atoms. The van der Waals surface area contributed by atoms with Gasteiger partial charge in [0.25, 0.3) is 0 Å². The number of H-pyrrole nitrogens is 1. The predicted molar refractivity (Wildman–Crippen MR) is 95.9 cm³/mol. The number of aromatic amines is 1. The van der Waals surface area contributed by atoms with Gasteiger partial charge in [-0.05, 0) is 37.8 Å². The number of fused-ring (bicyclic) bond motifs is 1. The summed E-state index contributed by atoms with van der Waals surface area (Å²) in [5, 5.41) is 0. The molecule has 1 N–H and O–H groups in total. The normalized spacial score (nSPS) is 17.4. The van der Waals surface area contributed by atoms with E-state index in [9.17, 15) is 4.79 Å². The maximum absolute atomic E-state index is 12.3. The van der Waals surface area contributed by atoms with Crippen molar-refractivity contribution < 1.29 is 0 Å². The van der Waals surface area contributed by atoms with Gasteiger partial charge >= 0.3 is 5.69 Å². The average molecular weight is 313 g/mol. The van der Waals surface area contributed by atoms with Crippen LogP contribution in [-0.4, -0.2) is 34.1 Å². The first-order chi connectivity index (χ1) is 11.3. The van der Waals surface area contributed by atoms with Crippen LogP contribution in [0.2, 0.25) is 0 Å². The van der Waals surface area contributed by atoms with Gasteiger partial charge in [-0.15, -0.1) is 0 Å². The van der Waals surface area contributed by atoms with Crippen molar-refractivity contribution in [3.63, 3.8) is 0 Å². The van der Waals surface area contributed by atoms with E-state index in [-0.39, 0.29) is 5.69 Å². The highest BCUT2D eigenvalue weighted by atomic mass is 16.1. The molecule has 124 valence electrons. The van der Waals surface area contributed by atoms with Crippen LogP contribution in [0.1, 0.15) is 45.1 Å². The van der Waals surface area contributed by atoms with Crippen LogP contribution < -0.4 is 5.69 Å². The molecule has 0 saturated carbocycles. The maximum Gasteiger partial charge on any atom is 0.326 e. The number of hydrogen-bond acceptors (Lipinski definition) is 2. The molecule has 1 saturated heterocycles. The molecule has 0 amide bonds. The topological polar surface area (TPSA) is 41.0 Å². The van der Waals surface area contributed by atoms with E-state index in [4.69, 9.17) is 0 Å². The Kier molecular flexibility index (Phi) is 5.34. The van der Waals surface area contributed by atoms with E-state index in [1.165, 1.54) is 12.8 Å². The van der Waals surface area contributed by atoms with Crippen molar-refractivity contribution >= 4 is 11.0 Å². The molecule has 4 heteroatoms. The molecule has 4 nitrogen and oxygen atoms in total. The Morgan fingerprint density at radius 2 is 1.91 bits per heavy atom. The van der Waals surface area contributed by atoms with Crippen LogP contribution in [-0.2, 0) is 0 Å². The second-order valence-corrected chi connectivity index (χ2v) is 6.44. The van der Waals surface area contributed by atoms with Crippen LogP contribution in [0, 0.1) is 0 Å². The number of allylic oxidation sites excluding steroid dienone is 1. The number of nitrogens with one attached hydrogen (secondary N) is 1. The average Bonchev–Trinajstić information content (AvgIpc) is 2.91. The van der Waals surface area contributed by atoms with E-state index in [0.29, 0.717) is 6.04 Å². The molecule has 2 aromatic rings. The smallest absolute Gasteiger partial charge is 0.306 e. The lowest BCUT2D eigenvalue weighted by atomic mass is 10.0. The first kappa shape index (κ1) is 16.1. The van der Waals surface area contributed by atoms with E-state index >= 15 is 0 Å². The van der Waals surface area contributed by atoms with Gasteiger partial charge in [-0.3, -0.25) is 4.57 Å². The van der Waals surface area contributed by atoms with Crippen molar-refractivity contribution in [3.05, 3.63) is 46.9 Å². The summed E-state index contributed by atoms with van der Waals surface area (Å²) in [6.45, 7) is 5.51. The standard InChI is InChI=1S/C19H27N3O/c1-2-3-4-5-8-13-21-14-11-16(12-15-21)22-18-10-7-6-9-17(18)20-19(22)23/h4-7,9-10,16H,2-3,8,11-15H2,1H3,(H,20,23)/b5-4+. The van der Waals surface area contributed by atoms with Gasteiger partial charge in [0.05, 0.1) is 11.0 Å². The Morgan fingerprint density at radius 1 is 1.17 bits per heavy atom. The van der Waals surface area contributed by atoms with Crippen molar-refractivity contribution in [1.82, 2.24) is 14.5 Å². The zero-order chi connectivity index (χ0) is 16.1. The molecule has 2 heterocycles. The van der Waals surface area contributed by atoms with Crippen LogP contribution in [0.5, 0.6) is 0 Å². The minimum atomic E-state index is 0.0344. The number of likely N-dealkylation sites (tertiary alicyclic amines) is 1. The Labute approximate surface area is 137 Å². The lowest BCUT2D eigenvalue weighted by Gasteiger charge is -2.32. The number of unbranched alkanes of at least 4 members (excludes halogenated alkanes) is 1. The zero-order valence-corrected chi connectivity index (χ0v) is 14.0. The summed E-state index contributed by atoms with van der Waals surface area (Å²) in [4.78, 5) is 17.8. The minimum absolute atomic E-state index is 0.0344. The van der Waals surface area contributed by atoms with Crippen LogP contribution >= 0.6 is 0 Å². The number of aromatic nitrogens is 2. The largest absolute Gasteiger partial charge is 0.326 e. The summed E-state index contributed by atoms with van der Waals surface area (Å²) in [6, 6.07) is 8.31. The predicted octanol–water partition coefficient (Wildman–Crippen LogP) is 3.71. The Morgan fingerprint density at radius 3 is 2.70 bits per heavy atom. The highest BCUT2D eigenvalue weighted by Gasteiger charge is 2.22. The molecular weight excluding hydrogens is 286 g/mol. The van der Waals surface area contributed by atoms with Crippen LogP contribution in [0.3, 0.4) is 0 Å². The van der Waals surface area contributed by atoms with Crippen molar-refractivity contribution in [1.29, 1.82) is 0 Å². The van der Waals surface area contributed by atoms with Gasteiger partial charge in [-0.1, -0.05) is 37.6 Å². The zero-order valence-electron chi connectivity index (χ0n) is 14.0. The monoisotopic (exact) mass is 313 g/mol. The molecule has 0 spiro atoms. The highest BCUT2D eigenvalue weighted by molar-refractivity contribution is 5.75. The molecular formula is C19H27N3O. The highest BCUT2D eigenvalue weighted by Crippen LogP contribution is 2.24. The summed E-state index contributed by atoms with van der Waals surface area (Å²) in [5.74, 6) is 0. The summed E-state index contributed by atoms with van der Waals surface area (Å²) < 4.78 is 1.97. The lowest BCUT2D eigenvalue weighted by Crippen LogP contribution is -2.37. The van der Waals surface area contributed by atoms with Crippen LogP contribution in [0.15, 0.2) is 41.2 Å². The number of rotatable bonds is 6. The number of piperidine rings is 1. The number of hydrogen-bond donors (Lipinski definition) is 1. The van der Waals surface area contributed by atoms with E-state index < -0.39 is 0 Å². The molecule has 0 radical (unpaired) electrons. The van der Waals surface area contributed by atoms with Gasteiger partial charge in [0.2, 0.25) is 0 Å². The van der Waals surface area contributed by atoms with E-state index in [1.54, 1.807) is 0 Å². The minimum Gasteiger partial charge on any atom is -0.306 e. The van der Waals surface area contributed by atoms with Crippen molar-refractivity contribution in [2.45, 2.75) is 45.1 Å². The van der Waals surface area contributed by atoms with E-state index in [1.807, 2.05) is 28.8 Å². The third-order valence-corrected chi connectivity index (χ3v) is 4.78. The fraction of sp³-hybridized carbons (Fsp3) is 0.526. The summed E-state index contributed by atoms with van der Waals surface area (Å²) >= 11 is 0.